The van der Waals surface area contributed by atoms with E-state index in [1.807, 2.05) is 58.0 Å². The minimum Gasteiger partial charge on any atom is -0.506 e. The van der Waals surface area contributed by atoms with E-state index in [1.165, 1.54) is 24.3 Å². The van der Waals surface area contributed by atoms with Gasteiger partial charge in [0.05, 0.1) is 30.5 Å². The Balaban J connectivity index is 0.000000194. The molecule has 2 heterocycles. The number of anilines is 2. The summed E-state index contributed by atoms with van der Waals surface area (Å²) in [7, 11) is -6.27. The van der Waals surface area contributed by atoms with E-state index < -0.39 is 32.2 Å². The van der Waals surface area contributed by atoms with Gasteiger partial charge >= 0.3 is 20.4 Å². The van der Waals surface area contributed by atoms with Crippen LogP contribution in [0, 0.1) is 11.3 Å². The van der Waals surface area contributed by atoms with E-state index in [2.05, 4.69) is 6.07 Å². The van der Waals surface area contributed by atoms with Gasteiger partial charge in [-0.05, 0) is 70.5 Å². The van der Waals surface area contributed by atoms with Crippen LogP contribution in [-0.4, -0.2) is 59.1 Å². The lowest BCUT2D eigenvalue weighted by Gasteiger charge is -2.17. The quantitative estimate of drug-likeness (QED) is 0.199. The van der Waals surface area contributed by atoms with Crippen LogP contribution in [0.2, 0.25) is 0 Å². The molecule has 0 bridgehead atoms. The molecule has 0 atom stereocenters. The predicted molar refractivity (Wildman–Crippen MR) is 184 cm³/mol. The van der Waals surface area contributed by atoms with Crippen molar-refractivity contribution >= 4 is 43.6 Å². The Morgan fingerprint density at radius 2 is 1.12 bits per heavy atom. The molecular weight excluding hydrogens is 687 g/mol. The fraction of sp³-hybridized carbons (Fsp3) is 0.206. The van der Waals surface area contributed by atoms with Crippen LogP contribution >= 0.6 is 0 Å². The molecular formula is C34H33N5O9S2. The topological polar surface area (TPSA) is 206 Å². The van der Waals surface area contributed by atoms with Gasteiger partial charge in [-0.3, -0.25) is 9.59 Å². The van der Waals surface area contributed by atoms with Crippen molar-refractivity contribution in [3.63, 3.8) is 0 Å². The van der Waals surface area contributed by atoms with Gasteiger partial charge in [0.25, 0.3) is 11.8 Å². The molecule has 6 rings (SSSR count). The highest BCUT2D eigenvalue weighted by Crippen LogP contribution is 2.33. The van der Waals surface area contributed by atoms with Crippen molar-refractivity contribution in [3.8, 4) is 17.6 Å². The maximum Gasteiger partial charge on any atom is 0.326 e. The van der Waals surface area contributed by atoms with E-state index in [9.17, 15) is 36.6 Å². The first-order valence-corrected chi connectivity index (χ1v) is 18.0. The number of nitriles is 1. The number of amides is 2. The number of rotatable bonds is 9. The lowest BCUT2D eigenvalue weighted by Crippen LogP contribution is -2.29. The first-order chi connectivity index (χ1) is 23.8. The van der Waals surface area contributed by atoms with Gasteiger partial charge in [-0.15, -0.1) is 0 Å². The van der Waals surface area contributed by atoms with Crippen LogP contribution in [0.4, 0.5) is 11.4 Å². The van der Waals surface area contributed by atoms with Crippen molar-refractivity contribution in [1.29, 1.82) is 5.26 Å². The van der Waals surface area contributed by atoms with Gasteiger partial charge in [0, 0.05) is 7.11 Å². The number of phenols is 2. The largest absolute Gasteiger partial charge is 0.506 e. The maximum atomic E-state index is 11.9. The van der Waals surface area contributed by atoms with Crippen molar-refractivity contribution in [1.82, 2.24) is 9.44 Å². The number of carbonyl (C=O) groups excluding carboxylic acids is 2. The number of aromatic hydroxyl groups is 2. The fourth-order valence-electron chi connectivity index (χ4n) is 5.56. The Morgan fingerprint density at radius 1 is 0.700 bits per heavy atom. The molecule has 0 saturated carbocycles. The summed E-state index contributed by atoms with van der Waals surface area (Å²) in [6, 6.07) is 26.8. The second-order valence-electron chi connectivity index (χ2n) is 11.4. The average molecular weight is 720 g/mol. The van der Waals surface area contributed by atoms with Crippen molar-refractivity contribution in [3.05, 3.63) is 118 Å². The standard InChI is InChI=1S/C17H15N3O4S.C17H18N2O5S/c18-8-7-13-3-1-2-4-14(13)9-12-5-6-15(16(21)10-12)20-11-17(22)19-25(20,23)24;1-24-11-14-5-3-2-4-13(14)8-12-6-7-15(16(20)9-12)19-10-17(21)18-25(19,22)23/h1-6,10,21H,7,9,11H2,(H,19,22);2-7,9,20H,8,10-11H2,1H3,(H,18,21). The first-order valence-electron chi connectivity index (χ1n) is 15.1. The van der Waals surface area contributed by atoms with E-state index in [0.29, 0.717) is 25.9 Å². The summed E-state index contributed by atoms with van der Waals surface area (Å²) in [5, 5.41) is 29.4. The van der Waals surface area contributed by atoms with Crippen LogP contribution in [0.3, 0.4) is 0 Å². The van der Waals surface area contributed by atoms with Gasteiger partial charge in [0.2, 0.25) is 0 Å². The highest BCUT2D eigenvalue weighted by molar-refractivity contribution is 7.92. The molecule has 16 heteroatoms. The lowest BCUT2D eigenvalue weighted by molar-refractivity contribution is -0.118. The van der Waals surface area contributed by atoms with Gasteiger partial charge in [0.15, 0.2) is 0 Å². The minimum absolute atomic E-state index is 0.0485. The molecule has 2 saturated heterocycles. The SMILES string of the molecule is COCc1ccccc1Cc1ccc(N2CC(=O)NS2(=O)=O)c(O)c1.N#CCc1ccccc1Cc1ccc(N2CC(=O)NS2(=O)=O)c(O)c1. The van der Waals surface area contributed by atoms with E-state index >= 15 is 0 Å². The normalized spacial score (nSPS) is 15.8. The van der Waals surface area contributed by atoms with E-state index in [1.54, 1.807) is 19.2 Å². The highest BCUT2D eigenvalue weighted by Gasteiger charge is 2.36. The molecule has 50 heavy (non-hydrogen) atoms. The molecule has 0 unspecified atom stereocenters. The van der Waals surface area contributed by atoms with Crippen molar-refractivity contribution in [2.75, 3.05) is 28.8 Å². The third kappa shape index (κ3) is 8.14. The molecule has 0 spiro atoms. The van der Waals surface area contributed by atoms with Gasteiger partial charge in [0.1, 0.15) is 24.6 Å². The molecule has 2 aliphatic heterocycles. The Morgan fingerprint density at radius 3 is 1.50 bits per heavy atom. The maximum absolute atomic E-state index is 11.9. The van der Waals surface area contributed by atoms with Gasteiger partial charge < -0.3 is 14.9 Å². The summed E-state index contributed by atoms with van der Waals surface area (Å²) >= 11 is 0. The molecule has 4 N–H and O–H groups in total. The Labute approximate surface area is 289 Å². The summed E-state index contributed by atoms with van der Waals surface area (Å²) in [5.74, 6) is -1.69. The zero-order valence-corrected chi connectivity index (χ0v) is 28.4. The van der Waals surface area contributed by atoms with Crippen molar-refractivity contribution in [2.45, 2.75) is 25.9 Å². The summed E-state index contributed by atoms with van der Waals surface area (Å²) in [6.45, 7) is -0.216. The van der Waals surface area contributed by atoms with E-state index in [-0.39, 0.29) is 36.0 Å². The number of carbonyl (C=O) groups is 2. The first kappa shape index (κ1) is 35.7. The lowest BCUT2D eigenvalue weighted by atomic mass is 9.98. The summed E-state index contributed by atoms with van der Waals surface area (Å²) in [5.41, 5.74) is 5.68. The van der Waals surface area contributed by atoms with Crippen molar-refractivity contribution in [2.24, 2.45) is 0 Å². The monoisotopic (exact) mass is 719 g/mol. The molecule has 0 aromatic heterocycles. The van der Waals surface area contributed by atoms with Crippen LogP contribution in [0.15, 0.2) is 84.9 Å². The molecule has 0 radical (unpaired) electrons. The van der Waals surface area contributed by atoms with Gasteiger partial charge in [-0.25, -0.2) is 18.1 Å². The highest BCUT2D eigenvalue weighted by atomic mass is 32.2. The number of methoxy groups -OCH3 is 1. The number of hydrogen-bond acceptors (Lipinski definition) is 10. The predicted octanol–water partition coefficient (Wildman–Crippen LogP) is 2.54. The van der Waals surface area contributed by atoms with E-state index in [0.717, 1.165) is 42.0 Å². The number of ether oxygens (including phenoxy) is 1. The van der Waals surface area contributed by atoms with Crippen LogP contribution in [-0.2, 0) is 60.6 Å². The Kier molecular flexibility index (Phi) is 10.6. The van der Waals surface area contributed by atoms with Gasteiger partial charge in [-0.1, -0.05) is 60.7 Å². The average Bonchev–Trinajstić information content (AvgIpc) is 3.49. The summed E-state index contributed by atoms with van der Waals surface area (Å²) < 4.78 is 58.1. The Bertz CT molecular complexity index is 2200. The third-order valence-corrected chi connectivity index (χ3v) is 10.6. The molecule has 14 nitrogen and oxygen atoms in total. The molecule has 0 aliphatic carbocycles. The molecule has 4 aromatic carbocycles. The zero-order chi connectivity index (χ0) is 36.1. The van der Waals surface area contributed by atoms with Crippen LogP contribution in [0.25, 0.3) is 0 Å². The molecule has 4 aromatic rings. The molecule has 260 valence electrons. The summed E-state index contributed by atoms with van der Waals surface area (Å²) in [6.07, 6.45) is 1.35. The smallest absolute Gasteiger partial charge is 0.326 e. The Hall–Kier alpha value is -5.63. The number of benzene rings is 4. The van der Waals surface area contributed by atoms with E-state index in [4.69, 9.17) is 10.00 Å². The second kappa shape index (κ2) is 14.9. The van der Waals surface area contributed by atoms with Crippen LogP contribution < -0.4 is 18.1 Å². The minimum atomic E-state index is -3.96. The third-order valence-electron chi connectivity index (χ3n) is 7.85. The van der Waals surface area contributed by atoms with Crippen LogP contribution in [0.1, 0.15) is 33.4 Å². The molecule has 2 fully saturated rings. The number of phenolic OH excluding ortho intramolecular Hbond substituents is 2. The van der Waals surface area contributed by atoms with Gasteiger partial charge in [-0.2, -0.15) is 22.1 Å². The number of nitrogens with one attached hydrogen (secondary N) is 2. The molecule has 2 aliphatic rings. The number of nitrogens with zero attached hydrogens (tertiary/aromatic N) is 3. The van der Waals surface area contributed by atoms with Crippen molar-refractivity contribution < 1.29 is 41.4 Å². The zero-order valence-electron chi connectivity index (χ0n) is 26.7. The summed E-state index contributed by atoms with van der Waals surface area (Å²) in [4.78, 5) is 22.7. The fourth-order valence-corrected chi connectivity index (χ4v) is 7.88. The number of hydrogen-bond donors (Lipinski definition) is 4. The van der Waals surface area contributed by atoms with Crippen LogP contribution in [0.5, 0.6) is 11.5 Å². The second-order valence-corrected chi connectivity index (χ2v) is 14.6. The molecule has 2 amide bonds.